The molecule has 0 saturated carbocycles. The molecule has 0 spiro atoms. The predicted octanol–water partition coefficient (Wildman–Crippen LogP) is 1.25. The molecule has 1 amide bonds. The minimum absolute atomic E-state index is 0.152. The Balaban J connectivity index is 1.79. The second kappa shape index (κ2) is 6.25. The maximum absolute atomic E-state index is 11.9. The van der Waals surface area contributed by atoms with Crippen molar-refractivity contribution in [3.63, 3.8) is 0 Å². The van der Waals surface area contributed by atoms with E-state index < -0.39 is 0 Å². The van der Waals surface area contributed by atoms with E-state index >= 15 is 0 Å². The minimum atomic E-state index is -0.257. The molecule has 2 rings (SSSR count). The second-order valence-electron chi connectivity index (χ2n) is 4.97. The summed E-state index contributed by atoms with van der Waals surface area (Å²) in [7, 11) is 2.14. The SMILES string of the molecule is CN1CCCC[C@H]1CCNC(=O)c1[nH]nc(N)c1Cl. The van der Waals surface area contributed by atoms with Gasteiger partial charge in [-0.25, -0.2) is 0 Å². The van der Waals surface area contributed by atoms with E-state index in [1.807, 2.05) is 0 Å². The van der Waals surface area contributed by atoms with E-state index in [2.05, 4.69) is 27.5 Å². The summed E-state index contributed by atoms with van der Waals surface area (Å²) in [5.41, 5.74) is 5.71. The summed E-state index contributed by atoms with van der Waals surface area (Å²) in [5.74, 6) is -0.105. The van der Waals surface area contributed by atoms with Gasteiger partial charge < -0.3 is 16.0 Å². The molecule has 1 aliphatic heterocycles. The van der Waals surface area contributed by atoms with Gasteiger partial charge in [0.1, 0.15) is 10.7 Å². The third-order valence-corrected chi connectivity index (χ3v) is 4.03. The van der Waals surface area contributed by atoms with Gasteiger partial charge in [-0.15, -0.1) is 0 Å². The van der Waals surface area contributed by atoms with E-state index in [-0.39, 0.29) is 22.4 Å². The van der Waals surface area contributed by atoms with Crippen LogP contribution in [0.1, 0.15) is 36.2 Å². The van der Waals surface area contributed by atoms with Crippen molar-refractivity contribution < 1.29 is 4.79 Å². The Bertz CT molecular complexity index is 447. The summed E-state index contributed by atoms with van der Waals surface area (Å²) >= 11 is 5.87. The summed E-state index contributed by atoms with van der Waals surface area (Å²) < 4.78 is 0. The Kier molecular flexibility index (Phi) is 4.66. The first-order valence-corrected chi connectivity index (χ1v) is 6.95. The molecule has 1 atom stereocenters. The monoisotopic (exact) mass is 285 g/mol. The molecule has 19 heavy (non-hydrogen) atoms. The second-order valence-corrected chi connectivity index (χ2v) is 5.35. The van der Waals surface area contributed by atoms with Crippen LogP contribution in [-0.2, 0) is 0 Å². The molecule has 0 radical (unpaired) electrons. The number of likely N-dealkylation sites (tertiary alicyclic amines) is 1. The molecule has 0 aromatic carbocycles. The molecule has 1 aromatic heterocycles. The number of hydrogen-bond donors (Lipinski definition) is 3. The van der Waals surface area contributed by atoms with Gasteiger partial charge in [0.25, 0.3) is 5.91 Å². The summed E-state index contributed by atoms with van der Waals surface area (Å²) in [5, 5.41) is 9.27. The molecule has 1 aromatic rings. The molecule has 0 bridgehead atoms. The number of halogens is 1. The number of aromatic nitrogens is 2. The van der Waals surface area contributed by atoms with Crippen molar-refractivity contribution in [3.8, 4) is 0 Å². The summed E-state index contributed by atoms with van der Waals surface area (Å²) in [6.07, 6.45) is 4.68. The van der Waals surface area contributed by atoms with Gasteiger partial charge in [0, 0.05) is 12.6 Å². The fraction of sp³-hybridized carbons (Fsp3) is 0.667. The third kappa shape index (κ3) is 3.39. The first-order valence-electron chi connectivity index (χ1n) is 6.57. The number of nitrogens with two attached hydrogens (primary N) is 1. The molecular formula is C12H20ClN5O. The number of nitrogens with zero attached hydrogens (tertiary/aromatic N) is 2. The Morgan fingerprint density at radius 3 is 3.05 bits per heavy atom. The van der Waals surface area contributed by atoms with Crippen molar-refractivity contribution >= 4 is 23.3 Å². The van der Waals surface area contributed by atoms with Crippen LogP contribution in [0.2, 0.25) is 5.02 Å². The molecule has 106 valence electrons. The van der Waals surface area contributed by atoms with Crippen LogP contribution in [0, 0.1) is 0 Å². The highest BCUT2D eigenvalue weighted by atomic mass is 35.5. The van der Waals surface area contributed by atoms with Crippen molar-refractivity contribution in [2.75, 3.05) is 25.9 Å². The van der Waals surface area contributed by atoms with Crippen LogP contribution in [0.15, 0.2) is 0 Å². The van der Waals surface area contributed by atoms with Gasteiger partial charge >= 0.3 is 0 Å². The molecular weight excluding hydrogens is 266 g/mol. The van der Waals surface area contributed by atoms with E-state index in [9.17, 15) is 4.79 Å². The molecule has 1 saturated heterocycles. The van der Waals surface area contributed by atoms with Crippen LogP contribution in [0.25, 0.3) is 0 Å². The summed E-state index contributed by atoms with van der Waals surface area (Å²) in [4.78, 5) is 14.2. The van der Waals surface area contributed by atoms with Crippen molar-refractivity contribution in [2.24, 2.45) is 0 Å². The Morgan fingerprint density at radius 2 is 2.42 bits per heavy atom. The lowest BCUT2D eigenvalue weighted by Gasteiger charge is -2.32. The van der Waals surface area contributed by atoms with E-state index in [1.165, 1.54) is 19.3 Å². The molecule has 1 fully saturated rings. The highest BCUT2D eigenvalue weighted by Gasteiger charge is 2.20. The number of carbonyl (C=O) groups is 1. The number of anilines is 1. The zero-order chi connectivity index (χ0) is 13.8. The molecule has 6 nitrogen and oxygen atoms in total. The van der Waals surface area contributed by atoms with Crippen LogP contribution >= 0.6 is 11.6 Å². The van der Waals surface area contributed by atoms with Crippen LogP contribution < -0.4 is 11.1 Å². The number of aromatic amines is 1. The molecule has 2 heterocycles. The van der Waals surface area contributed by atoms with Crippen molar-refractivity contribution in [2.45, 2.75) is 31.7 Å². The number of carbonyl (C=O) groups excluding carboxylic acids is 1. The highest BCUT2D eigenvalue weighted by molar-refractivity contribution is 6.35. The third-order valence-electron chi connectivity index (χ3n) is 3.64. The minimum Gasteiger partial charge on any atom is -0.381 e. The zero-order valence-electron chi connectivity index (χ0n) is 11.1. The fourth-order valence-electron chi connectivity index (χ4n) is 2.44. The number of hydrogen-bond acceptors (Lipinski definition) is 4. The number of H-pyrrole nitrogens is 1. The largest absolute Gasteiger partial charge is 0.381 e. The topological polar surface area (TPSA) is 87.0 Å². The maximum Gasteiger partial charge on any atom is 0.270 e. The lowest BCUT2D eigenvalue weighted by atomic mass is 10.0. The van der Waals surface area contributed by atoms with Gasteiger partial charge in [-0.05, 0) is 32.9 Å². The standard InChI is InChI=1S/C12H20ClN5O/c1-18-7-3-2-4-8(18)5-6-15-12(19)10-9(13)11(14)17-16-10/h8H,2-7H2,1H3,(H,15,19)(H3,14,16,17)/t8-/m0/s1. The van der Waals surface area contributed by atoms with Crippen LogP contribution in [0.5, 0.6) is 0 Å². The predicted molar refractivity (Wildman–Crippen MR) is 75.2 cm³/mol. The zero-order valence-corrected chi connectivity index (χ0v) is 11.8. The number of nitrogens with one attached hydrogen (secondary N) is 2. The number of amides is 1. The van der Waals surface area contributed by atoms with E-state index in [1.54, 1.807) is 0 Å². The van der Waals surface area contributed by atoms with Crippen molar-refractivity contribution in [1.82, 2.24) is 20.4 Å². The van der Waals surface area contributed by atoms with Crippen molar-refractivity contribution in [3.05, 3.63) is 10.7 Å². The molecule has 0 unspecified atom stereocenters. The van der Waals surface area contributed by atoms with Gasteiger partial charge in [-0.1, -0.05) is 18.0 Å². The van der Waals surface area contributed by atoms with Crippen LogP contribution in [0.4, 0.5) is 5.82 Å². The summed E-state index contributed by atoms with van der Waals surface area (Å²) in [6, 6.07) is 0.552. The maximum atomic E-state index is 11.9. The van der Waals surface area contributed by atoms with Crippen LogP contribution in [0.3, 0.4) is 0 Å². The first kappa shape index (κ1) is 14.1. The van der Waals surface area contributed by atoms with Gasteiger partial charge in [-0.3, -0.25) is 9.89 Å². The normalized spacial score (nSPS) is 20.4. The Morgan fingerprint density at radius 1 is 1.63 bits per heavy atom. The molecule has 4 N–H and O–H groups in total. The van der Waals surface area contributed by atoms with E-state index in [4.69, 9.17) is 17.3 Å². The molecule has 0 aliphatic carbocycles. The first-order chi connectivity index (χ1) is 9.09. The number of piperidine rings is 1. The Labute approximate surface area is 117 Å². The molecule has 1 aliphatic rings. The number of rotatable bonds is 4. The number of nitrogen functional groups attached to an aromatic ring is 1. The van der Waals surface area contributed by atoms with Crippen LogP contribution in [-0.4, -0.2) is 47.2 Å². The van der Waals surface area contributed by atoms with Crippen molar-refractivity contribution in [1.29, 1.82) is 0 Å². The quantitative estimate of drug-likeness (QED) is 0.777. The van der Waals surface area contributed by atoms with Gasteiger partial charge in [0.2, 0.25) is 0 Å². The average molecular weight is 286 g/mol. The summed E-state index contributed by atoms with van der Waals surface area (Å²) in [6.45, 7) is 1.77. The molecule has 7 heteroatoms. The Hall–Kier alpha value is -1.27. The van der Waals surface area contributed by atoms with Gasteiger partial charge in [0.15, 0.2) is 5.82 Å². The van der Waals surface area contributed by atoms with Gasteiger partial charge in [-0.2, -0.15) is 5.10 Å². The highest BCUT2D eigenvalue weighted by Crippen LogP contribution is 2.20. The van der Waals surface area contributed by atoms with E-state index in [0.717, 1.165) is 13.0 Å². The lowest BCUT2D eigenvalue weighted by Crippen LogP contribution is -2.39. The smallest absolute Gasteiger partial charge is 0.270 e. The van der Waals surface area contributed by atoms with E-state index in [0.29, 0.717) is 12.6 Å². The average Bonchev–Trinajstić information content (AvgIpc) is 2.72. The van der Waals surface area contributed by atoms with Gasteiger partial charge in [0.05, 0.1) is 0 Å². The fourth-order valence-corrected chi connectivity index (χ4v) is 2.61. The lowest BCUT2D eigenvalue weighted by molar-refractivity contribution is 0.0940.